The van der Waals surface area contributed by atoms with Crippen LogP contribution >= 0.6 is 0 Å². The summed E-state index contributed by atoms with van der Waals surface area (Å²) in [7, 11) is 0. The molecule has 0 saturated carbocycles. The molecule has 102 valence electrons. The van der Waals surface area contributed by atoms with Crippen LogP contribution in [0.25, 0.3) is 0 Å². The summed E-state index contributed by atoms with van der Waals surface area (Å²) in [6.45, 7) is 2.58. The Kier molecular flexibility index (Phi) is 3.74. The van der Waals surface area contributed by atoms with Crippen molar-refractivity contribution < 1.29 is 19.8 Å². The molecule has 0 unspecified atom stereocenters. The summed E-state index contributed by atoms with van der Waals surface area (Å²) in [6.07, 6.45) is 1.27. The van der Waals surface area contributed by atoms with Gasteiger partial charge in [0, 0.05) is 13.1 Å². The van der Waals surface area contributed by atoms with Crippen LogP contribution in [0.4, 0.5) is 0 Å². The number of nitrogens with zero attached hydrogens (tertiary/aromatic N) is 1. The predicted octanol–water partition coefficient (Wildman–Crippen LogP) is 1.64. The second-order valence-corrected chi connectivity index (χ2v) is 4.95. The minimum Gasteiger partial charge on any atom is -0.507 e. The molecule has 5 nitrogen and oxygen atoms in total. The summed E-state index contributed by atoms with van der Waals surface area (Å²) in [5.41, 5.74) is 1.10. The molecule has 0 bridgehead atoms. The number of amides is 1. The maximum Gasteiger partial charge on any atom is 0.308 e. The highest BCUT2D eigenvalue weighted by Crippen LogP contribution is 2.23. The van der Waals surface area contributed by atoms with Gasteiger partial charge in [0.05, 0.1) is 11.5 Å². The zero-order valence-corrected chi connectivity index (χ0v) is 10.8. The third kappa shape index (κ3) is 2.86. The van der Waals surface area contributed by atoms with Crippen molar-refractivity contribution in [1.82, 2.24) is 4.90 Å². The molecular weight excluding hydrogens is 246 g/mol. The first kappa shape index (κ1) is 13.4. The quantitative estimate of drug-likeness (QED) is 0.850. The van der Waals surface area contributed by atoms with Crippen LogP contribution < -0.4 is 0 Å². The lowest BCUT2D eigenvalue weighted by atomic mass is 9.97. The van der Waals surface area contributed by atoms with E-state index in [0.717, 1.165) is 5.56 Å². The summed E-state index contributed by atoms with van der Waals surface area (Å²) < 4.78 is 0. The van der Waals surface area contributed by atoms with E-state index in [1.807, 2.05) is 6.92 Å². The number of hydrogen-bond acceptors (Lipinski definition) is 3. The Morgan fingerprint density at radius 2 is 2.11 bits per heavy atom. The van der Waals surface area contributed by atoms with Crippen molar-refractivity contribution >= 4 is 11.9 Å². The van der Waals surface area contributed by atoms with Crippen LogP contribution in [0, 0.1) is 12.8 Å². The predicted molar refractivity (Wildman–Crippen MR) is 69.1 cm³/mol. The summed E-state index contributed by atoms with van der Waals surface area (Å²) in [4.78, 5) is 24.8. The van der Waals surface area contributed by atoms with Gasteiger partial charge in [0.2, 0.25) is 0 Å². The van der Waals surface area contributed by atoms with Gasteiger partial charge < -0.3 is 15.1 Å². The number of aliphatic carboxylic acids is 1. The first-order valence-corrected chi connectivity index (χ1v) is 6.30. The molecular formula is C14H17NO4. The summed E-state index contributed by atoms with van der Waals surface area (Å²) in [5, 5.41) is 18.8. The zero-order valence-electron chi connectivity index (χ0n) is 10.8. The van der Waals surface area contributed by atoms with E-state index in [4.69, 9.17) is 5.11 Å². The number of carboxylic acids is 1. The minimum absolute atomic E-state index is 0.0533. The van der Waals surface area contributed by atoms with Gasteiger partial charge in [0.1, 0.15) is 5.75 Å². The van der Waals surface area contributed by atoms with Gasteiger partial charge in [-0.2, -0.15) is 0 Å². The molecule has 1 fully saturated rings. The molecule has 1 aliphatic heterocycles. The summed E-state index contributed by atoms with van der Waals surface area (Å²) in [5.74, 6) is -1.73. The van der Waals surface area contributed by atoms with Gasteiger partial charge in [0.25, 0.3) is 5.91 Å². The van der Waals surface area contributed by atoms with Gasteiger partial charge >= 0.3 is 5.97 Å². The van der Waals surface area contributed by atoms with Crippen molar-refractivity contribution in [2.75, 3.05) is 13.1 Å². The SMILES string of the molecule is Cc1ccc(C(=O)N2CCC[C@H](C(=O)O)C2)c(O)c1. The molecule has 2 N–H and O–H groups in total. The summed E-state index contributed by atoms with van der Waals surface area (Å²) in [6, 6.07) is 4.87. The van der Waals surface area contributed by atoms with Crippen LogP contribution in [0.15, 0.2) is 18.2 Å². The first-order valence-electron chi connectivity index (χ1n) is 6.30. The van der Waals surface area contributed by atoms with E-state index in [9.17, 15) is 14.7 Å². The number of benzene rings is 1. The molecule has 0 spiro atoms. The molecule has 1 saturated heterocycles. The van der Waals surface area contributed by atoms with Crippen LogP contribution in [-0.4, -0.2) is 40.1 Å². The maximum absolute atomic E-state index is 12.3. The average Bonchev–Trinajstić information content (AvgIpc) is 2.38. The van der Waals surface area contributed by atoms with Gasteiger partial charge in [0.15, 0.2) is 0 Å². The minimum atomic E-state index is -0.870. The Morgan fingerprint density at radius 1 is 1.37 bits per heavy atom. The number of phenols is 1. The second kappa shape index (κ2) is 5.30. The molecule has 1 atom stereocenters. The number of piperidine rings is 1. The Labute approximate surface area is 111 Å². The third-order valence-corrected chi connectivity index (χ3v) is 3.44. The van der Waals surface area contributed by atoms with Crippen LogP contribution in [0.3, 0.4) is 0 Å². The lowest BCUT2D eigenvalue weighted by Crippen LogP contribution is -2.42. The molecule has 1 aliphatic rings. The molecule has 5 heteroatoms. The van der Waals surface area contributed by atoms with Crippen molar-refractivity contribution in [2.24, 2.45) is 5.92 Å². The molecule has 1 aromatic carbocycles. The lowest BCUT2D eigenvalue weighted by molar-refractivity contribution is -0.143. The van der Waals surface area contributed by atoms with E-state index < -0.39 is 11.9 Å². The number of carboxylic acid groups (broad SMARTS) is 1. The van der Waals surface area contributed by atoms with Crippen molar-refractivity contribution in [1.29, 1.82) is 0 Å². The molecule has 0 aliphatic carbocycles. The number of hydrogen-bond donors (Lipinski definition) is 2. The standard InChI is InChI=1S/C14H17NO4/c1-9-4-5-11(12(16)7-9)13(17)15-6-2-3-10(8-15)14(18)19/h4-5,7,10,16H,2-3,6,8H2,1H3,(H,18,19)/t10-/m0/s1. The number of carbonyl (C=O) groups excluding carboxylic acids is 1. The zero-order chi connectivity index (χ0) is 14.0. The number of aromatic hydroxyl groups is 1. The Balaban J connectivity index is 2.17. The van der Waals surface area contributed by atoms with Gasteiger partial charge in [-0.15, -0.1) is 0 Å². The molecule has 1 heterocycles. The van der Waals surface area contributed by atoms with Gasteiger partial charge in [-0.3, -0.25) is 9.59 Å². The van der Waals surface area contributed by atoms with E-state index in [0.29, 0.717) is 19.4 Å². The Morgan fingerprint density at radius 3 is 2.74 bits per heavy atom. The van der Waals surface area contributed by atoms with E-state index >= 15 is 0 Å². The average molecular weight is 263 g/mol. The fourth-order valence-corrected chi connectivity index (χ4v) is 2.36. The van der Waals surface area contributed by atoms with Gasteiger partial charge in [-0.05, 0) is 37.5 Å². The van der Waals surface area contributed by atoms with E-state index in [1.54, 1.807) is 12.1 Å². The van der Waals surface area contributed by atoms with E-state index in [-0.39, 0.29) is 23.8 Å². The van der Waals surface area contributed by atoms with Crippen molar-refractivity contribution in [3.8, 4) is 5.75 Å². The lowest BCUT2D eigenvalue weighted by Gasteiger charge is -2.30. The highest BCUT2D eigenvalue weighted by atomic mass is 16.4. The van der Waals surface area contributed by atoms with Crippen LogP contribution in [-0.2, 0) is 4.79 Å². The van der Waals surface area contributed by atoms with Crippen molar-refractivity contribution in [3.05, 3.63) is 29.3 Å². The number of aryl methyl sites for hydroxylation is 1. The van der Waals surface area contributed by atoms with E-state index in [1.165, 1.54) is 11.0 Å². The maximum atomic E-state index is 12.3. The Bertz CT molecular complexity index is 512. The van der Waals surface area contributed by atoms with Crippen molar-refractivity contribution in [3.63, 3.8) is 0 Å². The highest BCUT2D eigenvalue weighted by Gasteiger charge is 2.29. The molecule has 19 heavy (non-hydrogen) atoms. The largest absolute Gasteiger partial charge is 0.507 e. The molecule has 0 aromatic heterocycles. The van der Waals surface area contributed by atoms with Crippen molar-refractivity contribution in [2.45, 2.75) is 19.8 Å². The number of phenolic OH excluding ortho intramolecular Hbond substituents is 1. The van der Waals surface area contributed by atoms with Crippen LogP contribution in [0.5, 0.6) is 5.75 Å². The summed E-state index contributed by atoms with van der Waals surface area (Å²) >= 11 is 0. The van der Waals surface area contributed by atoms with Crippen LogP contribution in [0.1, 0.15) is 28.8 Å². The van der Waals surface area contributed by atoms with Gasteiger partial charge in [-0.1, -0.05) is 6.07 Å². The number of rotatable bonds is 2. The smallest absolute Gasteiger partial charge is 0.308 e. The first-order chi connectivity index (χ1) is 8.99. The third-order valence-electron chi connectivity index (χ3n) is 3.44. The molecule has 1 amide bonds. The second-order valence-electron chi connectivity index (χ2n) is 4.95. The van der Waals surface area contributed by atoms with E-state index in [2.05, 4.69) is 0 Å². The van der Waals surface area contributed by atoms with Gasteiger partial charge in [-0.25, -0.2) is 0 Å². The van der Waals surface area contributed by atoms with Crippen LogP contribution in [0.2, 0.25) is 0 Å². The number of likely N-dealkylation sites (tertiary alicyclic amines) is 1. The Hall–Kier alpha value is -2.04. The molecule has 2 rings (SSSR count). The fraction of sp³-hybridized carbons (Fsp3) is 0.429. The highest BCUT2D eigenvalue weighted by molar-refractivity contribution is 5.97. The molecule has 1 aromatic rings. The normalized spacial score (nSPS) is 19.2. The topological polar surface area (TPSA) is 77.8 Å². The fourth-order valence-electron chi connectivity index (χ4n) is 2.36. The monoisotopic (exact) mass is 263 g/mol. The number of carbonyl (C=O) groups is 2. The molecule has 0 radical (unpaired) electrons.